The predicted molar refractivity (Wildman–Crippen MR) is 72.6 cm³/mol. The van der Waals surface area contributed by atoms with Crippen molar-refractivity contribution < 1.29 is 14.7 Å². The topological polar surface area (TPSA) is 91.3 Å². The summed E-state index contributed by atoms with van der Waals surface area (Å²) in [6, 6.07) is 0.798. The van der Waals surface area contributed by atoms with Gasteiger partial charge >= 0.3 is 5.97 Å². The standard InChI is InChI=1S/C12H16ClN3O3/c1-6(2)15-11(17)7(3)16-10-4-8(12(18)19)9(13)5-14-10/h4-7H,1-3H3,(H,14,16)(H,15,17)(H,18,19). The number of aromatic nitrogens is 1. The number of carboxylic acids is 1. The molecular formula is C12H16ClN3O3. The molecule has 0 spiro atoms. The number of amides is 1. The number of carboxylic acid groups (broad SMARTS) is 1. The maximum absolute atomic E-state index is 11.7. The van der Waals surface area contributed by atoms with Crippen LogP contribution in [-0.2, 0) is 4.79 Å². The molecule has 1 heterocycles. The van der Waals surface area contributed by atoms with Gasteiger partial charge in [-0.2, -0.15) is 0 Å². The first-order valence-electron chi connectivity index (χ1n) is 5.77. The summed E-state index contributed by atoms with van der Waals surface area (Å²) in [4.78, 5) is 26.6. The average molecular weight is 286 g/mol. The van der Waals surface area contributed by atoms with Crippen LogP contribution in [0.2, 0.25) is 5.02 Å². The van der Waals surface area contributed by atoms with Crippen LogP contribution in [0.3, 0.4) is 0 Å². The van der Waals surface area contributed by atoms with E-state index in [9.17, 15) is 9.59 Å². The summed E-state index contributed by atoms with van der Waals surface area (Å²) < 4.78 is 0. The Hall–Kier alpha value is -1.82. The lowest BCUT2D eigenvalue weighted by atomic mass is 10.2. The fraction of sp³-hybridized carbons (Fsp3) is 0.417. The van der Waals surface area contributed by atoms with Crippen LogP contribution < -0.4 is 10.6 Å². The highest BCUT2D eigenvalue weighted by atomic mass is 35.5. The molecule has 0 fully saturated rings. The molecule has 1 aromatic heterocycles. The third-order valence-corrected chi connectivity index (χ3v) is 2.58. The molecule has 6 nitrogen and oxygen atoms in total. The molecule has 1 amide bonds. The van der Waals surface area contributed by atoms with Gasteiger partial charge in [-0.15, -0.1) is 0 Å². The lowest BCUT2D eigenvalue weighted by Crippen LogP contribution is -2.41. The van der Waals surface area contributed by atoms with Crippen molar-refractivity contribution in [1.82, 2.24) is 10.3 Å². The summed E-state index contributed by atoms with van der Waals surface area (Å²) in [6.45, 7) is 5.37. The van der Waals surface area contributed by atoms with E-state index in [4.69, 9.17) is 16.7 Å². The number of carbonyl (C=O) groups is 2. The third-order valence-electron chi connectivity index (χ3n) is 2.27. The molecule has 0 saturated carbocycles. The van der Waals surface area contributed by atoms with Gasteiger partial charge in [0.05, 0.1) is 10.6 Å². The molecule has 1 rings (SSSR count). The van der Waals surface area contributed by atoms with Crippen LogP contribution in [0, 0.1) is 0 Å². The van der Waals surface area contributed by atoms with Crippen LogP contribution in [-0.4, -0.2) is 34.1 Å². The quantitative estimate of drug-likeness (QED) is 0.767. The number of nitrogens with zero attached hydrogens (tertiary/aromatic N) is 1. The predicted octanol–water partition coefficient (Wildman–Crippen LogP) is 1.76. The smallest absolute Gasteiger partial charge is 0.337 e. The van der Waals surface area contributed by atoms with Crippen LogP contribution in [0.4, 0.5) is 5.82 Å². The number of carbonyl (C=O) groups excluding carboxylic acids is 1. The van der Waals surface area contributed by atoms with Crippen LogP contribution in [0.25, 0.3) is 0 Å². The van der Waals surface area contributed by atoms with E-state index in [1.54, 1.807) is 6.92 Å². The normalized spacial score (nSPS) is 12.1. The molecule has 0 radical (unpaired) electrons. The molecule has 0 saturated heterocycles. The Labute approximate surface area is 116 Å². The zero-order valence-electron chi connectivity index (χ0n) is 10.9. The minimum atomic E-state index is -1.14. The van der Waals surface area contributed by atoms with Crippen molar-refractivity contribution in [3.8, 4) is 0 Å². The van der Waals surface area contributed by atoms with Crippen molar-refractivity contribution in [2.24, 2.45) is 0 Å². The van der Waals surface area contributed by atoms with E-state index in [0.717, 1.165) is 0 Å². The van der Waals surface area contributed by atoms with Gasteiger partial charge < -0.3 is 15.7 Å². The Morgan fingerprint density at radius 1 is 1.37 bits per heavy atom. The number of hydrogen-bond acceptors (Lipinski definition) is 4. The molecule has 0 aromatic carbocycles. The van der Waals surface area contributed by atoms with Crippen LogP contribution >= 0.6 is 11.6 Å². The van der Waals surface area contributed by atoms with Gasteiger partial charge in [0.1, 0.15) is 11.9 Å². The number of aromatic carboxylic acids is 1. The zero-order valence-corrected chi connectivity index (χ0v) is 11.7. The Bertz CT molecular complexity index is 491. The molecule has 0 aliphatic heterocycles. The first-order chi connectivity index (χ1) is 8.81. The Morgan fingerprint density at radius 2 is 2.00 bits per heavy atom. The van der Waals surface area contributed by atoms with Crippen molar-refractivity contribution >= 4 is 29.3 Å². The summed E-state index contributed by atoms with van der Waals surface area (Å²) in [5, 5.41) is 14.6. The molecule has 1 atom stereocenters. The van der Waals surface area contributed by atoms with E-state index >= 15 is 0 Å². The van der Waals surface area contributed by atoms with Crippen LogP contribution in [0.1, 0.15) is 31.1 Å². The second-order valence-corrected chi connectivity index (χ2v) is 4.79. The highest BCUT2D eigenvalue weighted by Crippen LogP contribution is 2.18. The summed E-state index contributed by atoms with van der Waals surface area (Å²) >= 11 is 5.71. The number of anilines is 1. The van der Waals surface area contributed by atoms with Crippen molar-refractivity contribution in [2.75, 3.05) is 5.32 Å². The summed E-state index contributed by atoms with van der Waals surface area (Å²) in [6.07, 6.45) is 1.24. The second-order valence-electron chi connectivity index (χ2n) is 4.38. The van der Waals surface area contributed by atoms with Crippen molar-refractivity contribution in [3.63, 3.8) is 0 Å². The van der Waals surface area contributed by atoms with Crippen molar-refractivity contribution in [3.05, 3.63) is 22.8 Å². The largest absolute Gasteiger partial charge is 0.478 e. The highest BCUT2D eigenvalue weighted by molar-refractivity contribution is 6.33. The van der Waals surface area contributed by atoms with Gasteiger partial charge in [0, 0.05) is 12.2 Å². The van der Waals surface area contributed by atoms with Crippen LogP contribution in [0.15, 0.2) is 12.3 Å². The lowest BCUT2D eigenvalue weighted by Gasteiger charge is -2.16. The van der Waals surface area contributed by atoms with E-state index in [1.807, 2.05) is 13.8 Å². The number of pyridine rings is 1. The van der Waals surface area contributed by atoms with E-state index in [-0.39, 0.29) is 28.4 Å². The SMILES string of the molecule is CC(C)NC(=O)C(C)Nc1cc(C(=O)O)c(Cl)cn1. The van der Waals surface area contributed by atoms with E-state index in [2.05, 4.69) is 15.6 Å². The van der Waals surface area contributed by atoms with Gasteiger partial charge in [0.25, 0.3) is 0 Å². The monoisotopic (exact) mass is 285 g/mol. The van der Waals surface area contributed by atoms with E-state index in [0.29, 0.717) is 0 Å². The Morgan fingerprint density at radius 3 is 2.53 bits per heavy atom. The molecule has 7 heteroatoms. The van der Waals surface area contributed by atoms with Crippen LogP contribution in [0.5, 0.6) is 0 Å². The van der Waals surface area contributed by atoms with Gasteiger partial charge in [0.15, 0.2) is 0 Å². The first-order valence-corrected chi connectivity index (χ1v) is 6.14. The fourth-order valence-electron chi connectivity index (χ4n) is 1.38. The van der Waals surface area contributed by atoms with Gasteiger partial charge in [0.2, 0.25) is 5.91 Å². The number of halogens is 1. The minimum Gasteiger partial charge on any atom is -0.478 e. The van der Waals surface area contributed by atoms with E-state index in [1.165, 1.54) is 12.3 Å². The minimum absolute atomic E-state index is 0.0320. The molecule has 104 valence electrons. The van der Waals surface area contributed by atoms with Gasteiger partial charge in [-0.3, -0.25) is 4.79 Å². The highest BCUT2D eigenvalue weighted by Gasteiger charge is 2.16. The molecule has 3 N–H and O–H groups in total. The molecule has 19 heavy (non-hydrogen) atoms. The van der Waals surface area contributed by atoms with Crippen molar-refractivity contribution in [1.29, 1.82) is 0 Å². The van der Waals surface area contributed by atoms with Crippen molar-refractivity contribution in [2.45, 2.75) is 32.9 Å². The Kier molecular flexibility index (Phi) is 5.11. The number of rotatable bonds is 5. The molecule has 1 aromatic rings. The fourth-order valence-corrected chi connectivity index (χ4v) is 1.56. The van der Waals surface area contributed by atoms with Gasteiger partial charge in [-0.1, -0.05) is 11.6 Å². The molecule has 0 bridgehead atoms. The maximum atomic E-state index is 11.7. The van der Waals surface area contributed by atoms with E-state index < -0.39 is 12.0 Å². The lowest BCUT2D eigenvalue weighted by molar-refractivity contribution is -0.122. The van der Waals surface area contributed by atoms with Gasteiger partial charge in [-0.05, 0) is 26.8 Å². The maximum Gasteiger partial charge on any atom is 0.337 e. The second kappa shape index (κ2) is 6.38. The molecule has 0 aliphatic carbocycles. The number of hydrogen-bond donors (Lipinski definition) is 3. The molecule has 0 aliphatic rings. The van der Waals surface area contributed by atoms with Gasteiger partial charge in [-0.25, -0.2) is 9.78 Å². The first kappa shape index (κ1) is 15.2. The number of nitrogens with one attached hydrogen (secondary N) is 2. The molecule has 1 unspecified atom stereocenters. The average Bonchev–Trinajstić information content (AvgIpc) is 2.30. The summed E-state index contributed by atoms with van der Waals surface area (Å²) in [5.41, 5.74) is -0.0596. The summed E-state index contributed by atoms with van der Waals surface area (Å²) in [7, 11) is 0. The summed E-state index contributed by atoms with van der Waals surface area (Å²) in [5.74, 6) is -1.05. The molecular weight excluding hydrogens is 270 g/mol. The Balaban J connectivity index is 2.80. The zero-order chi connectivity index (χ0) is 14.6. The third kappa shape index (κ3) is 4.40.